The highest BCUT2D eigenvalue weighted by molar-refractivity contribution is 5.60. The highest BCUT2D eigenvalue weighted by Gasteiger charge is 2.52. The smallest absolute Gasteiger partial charge is 0.130 e. The van der Waals surface area contributed by atoms with Crippen LogP contribution in [0, 0.1) is 11.8 Å². The first-order valence-corrected chi connectivity index (χ1v) is 12.6. The molecule has 0 radical (unpaired) electrons. The molecule has 0 spiro atoms. The normalized spacial score (nSPS) is 23.0. The van der Waals surface area contributed by atoms with Crippen LogP contribution in [0.25, 0.3) is 11.3 Å². The molecular weight excluding hydrogens is 437 g/mol. The van der Waals surface area contributed by atoms with Gasteiger partial charge in [-0.15, -0.1) is 0 Å². The SMILES string of the molecule is FCCn1ccc(-c2ccc([C@]3(c4ccc(OCc5ccccn5)cc4)CC4CC[C@@H]3C4)cc2)n1. The third kappa shape index (κ3) is 4.13. The Hall–Kier alpha value is -3.47. The molecule has 2 saturated carbocycles. The highest BCUT2D eigenvalue weighted by atomic mass is 19.1. The number of hydrogen-bond acceptors (Lipinski definition) is 3. The van der Waals surface area contributed by atoms with E-state index in [0.717, 1.165) is 28.6 Å². The van der Waals surface area contributed by atoms with E-state index in [1.165, 1.54) is 36.8 Å². The van der Waals surface area contributed by atoms with Crippen molar-refractivity contribution in [3.8, 4) is 17.0 Å². The number of fused-ring (bicyclic) bond motifs is 2. The predicted molar refractivity (Wildman–Crippen MR) is 135 cm³/mol. The molecule has 6 rings (SSSR count). The van der Waals surface area contributed by atoms with Gasteiger partial charge in [-0.25, -0.2) is 4.39 Å². The van der Waals surface area contributed by atoms with Crippen molar-refractivity contribution >= 4 is 0 Å². The second kappa shape index (κ2) is 9.29. The number of halogens is 1. The Bertz CT molecular complexity index is 1270. The molecule has 4 aromatic rings. The van der Waals surface area contributed by atoms with Crippen LogP contribution in [0.1, 0.15) is 42.5 Å². The summed E-state index contributed by atoms with van der Waals surface area (Å²) < 4.78 is 20.3. The Balaban J connectivity index is 1.26. The second-order valence-electron chi connectivity index (χ2n) is 9.92. The van der Waals surface area contributed by atoms with Gasteiger partial charge in [0.25, 0.3) is 0 Å². The van der Waals surface area contributed by atoms with Gasteiger partial charge in [0, 0.05) is 23.4 Å². The van der Waals surface area contributed by atoms with Gasteiger partial charge < -0.3 is 4.74 Å². The molecule has 2 fully saturated rings. The third-order valence-corrected chi connectivity index (χ3v) is 7.98. The maximum Gasteiger partial charge on any atom is 0.130 e. The Morgan fingerprint density at radius 2 is 1.74 bits per heavy atom. The van der Waals surface area contributed by atoms with E-state index in [1.54, 1.807) is 10.9 Å². The van der Waals surface area contributed by atoms with Gasteiger partial charge in [-0.1, -0.05) is 48.9 Å². The standard InChI is InChI=1S/C30H30FN3O/c31-15-18-34-17-14-29(33-34)23-5-8-24(9-6-23)30(20-22-4-7-26(30)19-22)25-10-12-28(13-11-25)35-21-27-3-1-2-16-32-27/h1-3,5-6,8-14,16-17,22,26H,4,7,15,18-21H2/t22?,26-,30+/m1/s1. The van der Waals surface area contributed by atoms with Crippen molar-refractivity contribution in [1.82, 2.24) is 14.8 Å². The number of rotatable bonds is 8. The first kappa shape index (κ1) is 22.0. The fraction of sp³-hybridized carbons (Fsp3) is 0.333. The van der Waals surface area contributed by atoms with Crippen molar-refractivity contribution in [2.24, 2.45) is 11.8 Å². The summed E-state index contributed by atoms with van der Waals surface area (Å²) in [6.07, 6.45) is 8.79. The molecule has 2 bridgehead atoms. The molecule has 35 heavy (non-hydrogen) atoms. The molecule has 2 aliphatic carbocycles. The molecule has 5 heteroatoms. The van der Waals surface area contributed by atoms with E-state index >= 15 is 0 Å². The lowest BCUT2D eigenvalue weighted by molar-refractivity contribution is 0.299. The number of aromatic nitrogens is 3. The van der Waals surface area contributed by atoms with E-state index in [0.29, 0.717) is 19.1 Å². The van der Waals surface area contributed by atoms with Gasteiger partial charge in [0.05, 0.1) is 17.9 Å². The summed E-state index contributed by atoms with van der Waals surface area (Å²) in [5.74, 6) is 2.34. The van der Waals surface area contributed by atoms with E-state index in [-0.39, 0.29) is 5.41 Å². The van der Waals surface area contributed by atoms with Gasteiger partial charge in [0.15, 0.2) is 0 Å². The van der Waals surface area contributed by atoms with Crippen LogP contribution >= 0.6 is 0 Å². The van der Waals surface area contributed by atoms with E-state index in [4.69, 9.17) is 4.74 Å². The van der Waals surface area contributed by atoms with Crippen LogP contribution < -0.4 is 4.74 Å². The molecule has 178 valence electrons. The fourth-order valence-electron chi connectivity index (χ4n) is 6.36. The molecule has 4 nitrogen and oxygen atoms in total. The van der Waals surface area contributed by atoms with Crippen molar-refractivity contribution in [2.45, 2.75) is 44.2 Å². The van der Waals surface area contributed by atoms with Crippen LogP contribution in [-0.2, 0) is 18.6 Å². The van der Waals surface area contributed by atoms with Gasteiger partial charge in [0.1, 0.15) is 19.0 Å². The largest absolute Gasteiger partial charge is 0.487 e. The molecule has 0 saturated heterocycles. The molecule has 0 amide bonds. The summed E-state index contributed by atoms with van der Waals surface area (Å²) in [7, 11) is 0. The zero-order chi connectivity index (χ0) is 23.7. The molecule has 2 aromatic heterocycles. The fourth-order valence-corrected chi connectivity index (χ4v) is 6.36. The van der Waals surface area contributed by atoms with Gasteiger partial charge >= 0.3 is 0 Å². The van der Waals surface area contributed by atoms with Crippen LogP contribution in [0.2, 0.25) is 0 Å². The van der Waals surface area contributed by atoms with Crippen molar-refractivity contribution in [1.29, 1.82) is 0 Å². The maximum atomic E-state index is 12.7. The lowest BCUT2D eigenvalue weighted by Gasteiger charge is -2.39. The Morgan fingerprint density at radius 1 is 0.943 bits per heavy atom. The molecule has 0 N–H and O–H groups in total. The van der Waals surface area contributed by atoms with Crippen LogP contribution in [-0.4, -0.2) is 21.4 Å². The quantitative estimate of drug-likeness (QED) is 0.293. The number of nitrogens with zero attached hydrogens (tertiary/aromatic N) is 3. The number of hydrogen-bond donors (Lipinski definition) is 0. The lowest BCUT2D eigenvalue weighted by atomic mass is 9.64. The van der Waals surface area contributed by atoms with Crippen LogP contribution in [0.5, 0.6) is 5.75 Å². The minimum Gasteiger partial charge on any atom is -0.487 e. The zero-order valence-electron chi connectivity index (χ0n) is 19.8. The number of ether oxygens (including phenoxy) is 1. The average Bonchev–Trinajstić information content (AvgIpc) is 3.66. The lowest BCUT2D eigenvalue weighted by Crippen LogP contribution is -2.34. The molecule has 0 aliphatic heterocycles. The Kier molecular flexibility index (Phi) is 5.85. The minimum absolute atomic E-state index is 0.0501. The van der Waals surface area contributed by atoms with E-state index in [2.05, 4.69) is 58.6 Å². The van der Waals surface area contributed by atoms with Crippen molar-refractivity contribution in [3.05, 3.63) is 102 Å². The molecule has 3 atom stereocenters. The van der Waals surface area contributed by atoms with Crippen LogP contribution in [0.15, 0.2) is 85.2 Å². The maximum absolute atomic E-state index is 12.7. The van der Waals surface area contributed by atoms with Crippen LogP contribution in [0.4, 0.5) is 4.39 Å². The number of benzene rings is 2. The summed E-state index contributed by atoms with van der Waals surface area (Å²) in [5.41, 5.74) is 5.71. The number of alkyl halides is 1. The first-order valence-electron chi connectivity index (χ1n) is 12.6. The Morgan fingerprint density at radius 3 is 2.40 bits per heavy atom. The molecule has 2 heterocycles. The second-order valence-corrected chi connectivity index (χ2v) is 9.92. The highest BCUT2D eigenvalue weighted by Crippen LogP contribution is 2.60. The van der Waals surface area contributed by atoms with E-state index < -0.39 is 6.67 Å². The predicted octanol–water partition coefficient (Wildman–Crippen LogP) is 6.60. The topological polar surface area (TPSA) is 39.9 Å². The summed E-state index contributed by atoms with van der Waals surface area (Å²) in [6.45, 7) is 0.364. The van der Waals surface area contributed by atoms with Gasteiger partial charge in [-0.05, 0) is 72.6 Å². The average molecular weight is 468 g/mol. The summed E-state index contributed by atoms with van der Waals surface area (Å²) in [5, 5.41) is 4.52. The molecule has 2 aromatic carbocycles. The van der Waals surface area contributed by atoms with Crippen molar-refractivity contribution < 1.29 is 9.13 Å². The van der Waals surface area contributed by atoms with Crippen LogP contribution in [0.3, 0.4) is 0 Å². The zero-order valence-corrected chi connectivity index (χ0v) is 19.8. The number of pyridine rings is 1. The Labute approximate surface area is 205 Å². The molecular formula is C30H30FN3O. The third-order valence-electron chi connectivity index (χ3n) is 7.98. The van der Waals surface area contributed by atoms with Crippen molar-refractivity contribution in [3.63, 3.8) is 0 Å². The number of aryl methyl sites for hydroxylation is 1. The summed E-state index contributed by atoms with van der Waals surface area (Å²) in [6, 6.07) is 25.5. The van der Waals surface area contributed by atoms with Crippen molar-refractivity contribution in [2.75, 3.05) is 6.67 Å². The van der Waals surface area contributed by atoms with Gasteiger partial charge in [0.2, 0.25) is 0 Å². The van der Waals surface area contributed by atoms with E-state index in [9.17, 15) is 4.39 Å². The van der Waals surface area contributed by atoms with Gasteiger partial charge in [-0.2, -0.15) is 5.10 Å². The summed E-state index contributed by atoms with van der Waals surface area (Å²) in [4.78, 5) is 4.34. The summed E-state index contributed by atoms with van der Waals surface area (Å²) >= 11 is 0. The van der Waals surface area contributed by atoms with E-state index in [1.807, 2.05) is 30.5 Å². The molecule has 1 unspecified atom stereocenters. The monoisotopic (exact) mass is 467 g/mol. The first-order chi connectivity index (χ1) is 17.2. The van der Waals surface area contributed by atoms with Gasteiger partial charge in [-0.3, -0.25) is 9.67 Å². The molecule has 2 aliphatic rings. The minimum atomic E-state index is -0.405.